The molecule has 0 heterocycles. The Bertz CT molecular complexity index is 643. The molecular formula is C18H20ClNO3. The van der Waals surface area contributed by atoms with Gasteiger partial charge in [-0.3, -0.25) is 4.79 Å². The SMILES string of the molecule is Cc1ccc(OCC(C)NC(=O)COc2cccc(Cl)c2)cc1. The monoisotopic (exact) mass is 333 g/mol. The van der Waals surface area contributed by atoms with Gasteiger partial charge < -0.3 is 14.8 Å². The van der Waals surface area contributed by atoms with Crippen LogP contribution in [0.15, 0.2) is 48.5 Å². The Hall–Kier alpha value is -2.20. The molecule has 0 aliphatic carbocycles. The highest BCUT2D eigenvalue weighted by Crippen LogP contribution is 2.16. The molecule has 1 N–H and O–H groups in total. The Balaban J connectivity index is 1.70. The fourth-order valence-electron chi connectivity index (χ4n) is 1.92. The third-order valence-corrected chi connectivity index (χ3v) is 3.33. The van der Waals surface area contributed by atoms with Crippen LogP contribution < -0.4 is 14.8 Å². The molecular weight excluding hydrogens is 314 g/mol. The van der Waals surface area contributed by atoms with Crippen LogP contribution in [0, 0.1) is 6.92 Å². The van der Waals surface area contributed by atoms with Gasteiger partial charge in [0.05, 0.1) is 6.04 Å². The molecule has 1 unspecified atom stereocenters. The Morgan fingerprint density at radius 1 is 1.13 bits per heavy atom. The molecule has 1 atom stereocenters. The van der Waals surface area contributed by atoms with E-state index in [4.69, 9.17) is 21.1 Å². The summed E-state index contributed by atoms with van der Waals surface area (Å²) in [5.41, 5.74) is 1.18. The van der Waals surface area contributed by atoms with E-state index in [1.54, 1.807) is 24.3 Å². The third-order valence-electron chi connectivity index (χ3n) is 3.09. The van der Waals surface area contributed by atoms with Gasteiger partial charge in [0.1, 0.15) is 18.1 Å². The van der Waals surface area contributed by atoms with Gasteiger partial charge >= 0.3 is 0 Å². The molecule has 2 aromatic carbocycles. The summed E-state index contributed by atoms with van der Waals surface area (Å²) in [6, 6.07) is 14.6. The van der Waals surface area contributed by atoms with E-state index in [1.165, 1.54) is 5.56 Å². The van der Waals surface area contributed by atoms with E-state index in [9.17, 15) is 4.79 Å². The van der Waals surface area contributed by atoms with Gasteiger partial charge in [0.2, 0.25) is 0 Å². The maximum Gasteiger partial charge on any atom is 0.258 e. The van der Waals surface area contributed by atoms with Crippen LogP contribution in [0.25, 0.3) is 0 Å². The van der Waals surface area contributed by atoms with Gasteiger partial charge in [-0.25, -0.2) is 0 Å². The molecule has 0 saturated heterocycles. The minimum atomic E-state index is -0.204. The largest absolute Gasteiger partial charge is 0.491 e. The summed E-state index contributed by atoms with van der Waals surface area (Å²) in [7, 11) is 0. The van der Waals surface area contributed by atoms with Crippen LogP contribution in [0.2, 0.25) is 5.02 Å². The maximum atomic E-state index is 11.8. The number of ether oxygens (including phenoxy) is 2. The molecule has 4 nitrogen and oxygen atoms in total. The molecule has 5 heteroatoms. The summed E-state index contributed by atoms with van der Waals surface area (Å²) in [6.45, 7) is 4.24. The minimum absolute atomic E-state index is 0.0603. The summed E-state index contributed by atoms with van der Waals surface area (Å²) in [6.07, 6.45) is 0. The number of hydrogen-bond donors (Lipinski definition) is 1. The van der Waals surface area contributed by atoms with Crippen LogP contribution in [0.1, 0.15) is 12.5 Å². The number of benzene rings is 2. The first-order chi connectivity index (χ1) is 11.0. The quantitative estimate of drug-likeness (QED) is 0.842. The second-order valence-electron chi connectivity index (χ2n) is 5.34. The van der Waals surface area contributed by atoms with Gasteiger partial charge in [-0.2, -0.15) is 0 Å². The Morgan fingerprint density at radius 3 is 2.57 bits per heavy atom. The fourth-order valence-corrected chi connectivity index (χ4v) is 2.10. The highest BCUT2D eigenvalue weighted by Gasteiger charge is 2.09. The molecule has 2 aromatic rings. The van der Waals surface area contributed by atoms with E-state index in [0.29, 0.717) is 17.4 Å². The van der Waals surface area contributed by atoms with Crippen molar-refractivity contribution in [3.63, 3.8) is 0 Å². The summed E-state index contributed by atoms with van der Waals surface area (Å²) in [4.78, 5) is 11.8. The van der Waals surface area contributed by atoms with E-state index in [-0.39, 0.29) is 18.6 Å². The zero-order valence-corrected chi connectivity index (χ0v) is 14.0. The molecule has 23 heavy (non-hydrogen) atoms. The smallest absolute Gasteiger partial charge is 0.258 e. The number of aryl methyl sites for hydroxylation is 1. The maximum absolute atomic E-state index is 11.8. The van der Waals surface area contributed by atoms with Gasteiger partial charge in [-0.15, -0.1) is 0 Å². The molecule has 2 rings (SSSR count). The number of amides is 1. The zero-order valence-electron chi connectivity index (χ0n) is 13.2. The molecule has 122 valence electrons. The topological polar surface area (TPSA) is 47.6 Å². The van der Waals surface area contributed by atoms with Crippen molar-refractivity contribution in [2.45, 2.75) is 19.9 Å². The van der Waals surface area contributed by atoms with Crippen molar-refractivity contribution in [1.82, 2.24) is 5.32 Å². The van der Waals surface area contributed by atoms with Crippen molar-refractivity contribution in [3.8, 4) is 11.5 Å². The first-order valence-corrected chi connectivity index (χ1v) is 7.78. The average Bonchev–Trinajstić information content (AvgIpc) is 2.52. The summed E-state index contributed by atoms with van der Waals surface area (Å²) < 4.78 is 11.0. The second kappa shape index (κ2) is 8.44. The lowest BCUT2D eigenvalue weighted by Gasteiger charge is -2.15. The predicted molar refractivity (Wildman–Crippen MR) is 91.2 cm³/mol. The van der Waals surface area contributed by atoms with Crippen molar-refractivity contribution in [3.05, 3.63) is 59.1 Å². The molecule has 0 fully saturated rings. The molecule has 0 bridgehead atoms. The number of hydrogen-bond acceptors (Lipinski definition) is 3. The third kappa shape index (κ3) is 6.20. The molecule has 0 aromatic heterocycles. The number of carbonyl (C=O) groups excluding carboxylic acids is 1. The van der Waals surface area contributed by atoms with Crippen LogP contribution in [0.4, 0.5) is 0 Å². The van der Waals surface area contributed by atoms with Crippen molar-refractivity contribution < 1.29 is 14.3 Å². The zero-order chi connectivity index (χ0) is 16.7. The lowest BCUT2D eigenvalue weighted by Crippen LogP contribution is -2.39. The molecule has 0 aliphatic rings. The second-order valence-corrected chi connectivity index (χ2v) is 5.78. The van der Waals surface area contributed by atoms with Crippen LogP contribution in [-0.4, -0.2) is 25.2 Å². The lowest BCUT2D eigenvalue weighted by atomic mass is 10.2. The van der Waals surface area contributed by atoms with Crippen molar-refractivity contribution >= 4 is 17.5 Å². The fraction of sp³-hybridized carbons (Fsp3) is 0.278. The molecule has 0 spiro atoms. The number of carbonyl (C=O) groups is 1. The number of halogens is 1. The highest BCUT2D eigenvalue weighted by atomic mass is 35.5. The standard InChI is InChI=1S/C18H20ClNO3/c1-13-6-8-16(9-7-13)22-11-14(2)20-18(21)12-23-17-5-3-4-15(19)10-17/h3-10,14H,11-12H2,1-2H3,(H,20,21). The van der Waals surface area contributed by atoms with E-state index < -0.39 is 0 Å². The van der Waals surface area contributed by atoms with Crippen LogP contribution >= 0.6 is 11.6 Å². The molecule has 0 aliphatic heterocycles. The molecule has 0 radical (unpaired) electrons. The van der Waals surface area contributed by atoms with E-state index in [1.807, 2.05) is 38.1 Å². The van der Waals surface area contributed by atoms with Crippen LogP contribution in [-0.2, 0) is 4.79 Å². The van der Waals surface area contributed by atoms with Crippen LogP contribution in [0.3, 0.4) is 0 Å². The lowest BCUT2D eigenvalue weighted by molar-refractivity contribution is -0.123. The number of rotatable bonds is 7. The summed E-state index contributed by atoms with van der Waals surface area (Å²) >= 11 is 5.86. The van der Waals surface area contributed by atoms with E-state index in [0.717, 1.165) is 5.75 Å². The molecule has 1 amide bonds. The summed E-state index contributed by atoms with van der Waals surface area (Å²) in [5.74, 6) is 1.15. The molecule has 0 saturated carbocycles. The summed E-state index contributed by atoms with van der Waals surface area (Å²) in [5, 5.41) is 3.40. The first-order valence-electron chi connectivity index (χ1n) is 7.40. The van der Waals surface area contributed by atoms with Crippen molar-refractivity contribution in [1.29, 1.82) is 0 Å². The van der Waals surface area contributed by atoms with Crippen molar-refractivity contribution in [2.75, 3.05) is 13.2 Å². The van der Waals surface area contributed by atoms with Gasteiger partial charge in [-0.05, 0) is 44.2 Å². The number of nitrogens with one attached hydrogen (secondary N) is 1. The van der Waals surface area contributed by atoms with Gasteiger partial charge in [-0.1, -0.05) is 35.4 Å². The minimum Gasteiger partial charge on any atom is -0.491 e. The van der Waals surface area contributed by atoms with E-state index >= 15 is 0 Å². The van der Waals surface area contributed by atoms with Gasteiger partial charge in [0.15, 0.2) is 6.61 Å². The Labute approximate surface area is 141 Å². The average molecular weight is 334 g/mol. The normalized spacial score (nSPS) is 11.6. The Kier molecular flexibility index (Phi) is 6.29. The van der Waals surface area contributed by atoms with Gasteiger partial charge in [0, 0.05) is 5.02 Å². The van der Waals surface area contributed by atoms with E-state index in [2.05, 4.69) is 5.32 Å². The van der Waals surface area contributed by atoms with Crippen LogP contribution in [0.5, 0.6) is 11.5 Å². The Morgan fingerprint density at radius 2 is 1.87 bits per heavy atom. The first kappa shape index (κ1) is 17.2. The van der Waals surface area contributed by atoms with Crippen molar-refractivity contribution in [2.24, 2.45) is 0 Å². The van der Waals surface area contributed by atoms with Gasteiger partial charge in [0.25, 0.3) is 5.91 Å². The predicted octanol–water partition coefficient (Wildman–Crippen LogP) is 3.61. The highest BCUT2D eigenvalue weighted by molar-refractivity contribution is 6.30.